The fourth-order valence-corrected chi connectivity index (χ4v) is 3.99. The Kier molecular flexibility index (Phi) is 11.1. The molecule has 0 saturated carbocycles. The average molecular weight is 437 g/mol. The van der Waals surface area contributed by atoms with E-state index in [0.717, 1.165) is 25.0 Å². The van der Waals surface area contributed by atoms with Crippen LogP contribution in [0.5, 0.6) is 0 Å². The van der Waals surface area contributed by atoms with E-state index in [2.05, 4.69) is 19.1 Å². The molecule has 0 N–H and O–H groups in total. The Morgan fingerprint density at radius 2 is 1.65 bits per heavy atom. The lowest BCUT2D eigenvalue weighted by molar-refractivity contribution is -0.00208. The van der Waals surface area contributed by atoms with Crippen molar-refractivity contribution in [1.82, 2.24) is 0 Å². The van der Waals surface area contributed by atoms with E-state index in [4.69, 9.17) is 14.2 Å². The molecule has 0 bridgehead atoms. The number of ether oxygens (including phenoxy) is 3. The van der Waals surface area contributed by atoms with Gasteiger partial charge >= 0.3 is 0 Å². The van der Waals surface area contributed by atoms with Gasteiger partial charge in [0.05, 0.1) is 19.8 Å². The summed E-state index contributed by atoms with van der Waals surface area (Å²) in [4.78, 5) is 0. The van der Waals surface area contributed by atoms with Gasteiger partial charge in [-0.3, -0.25) is 0 Å². The lowest BCUT2D eigenvalue weighted by Crippen LogP contribution is -2.24. The molecular weight excluding hydrogens is 398 g/mol. The summed E-state index contributed by atoms with van der Waals surface area (Å²) >= 11 is 0. The molecule has 31 heavy (non-hydrogen) atoms. The minimum Gasteiger partial charge on any atom is -0.498 e. The number of benzene rings is 1. The Labute approximate surface area is 186 Å². The zero-order valence-electron chi connectivity index (χ0n) is 19.5. The van der Waals surface area contributed by atoms with Gasteiger partial charge in [0.15, 0.2) is 11.7 Å². The number of hydrogen-bond acceptors (Lipinski definition) is 3. The van der Waals surface area contributed by atoms with Crippen molar-refractivity contribution in [1.29, 1.82) is 0 Å². The molecule has 174 valence electrons. The van der Waals surface area contributed by atoms with E-state index in [-0.39, 0.29) is 18.1 Å². The first-order valence-electron chi connectivity index (χ1n) is 11.8. The van der Waals surface area contributed by atoms with Crippen molar-refractivity contribution >= 4 is 0 Å². The zero-order valence-corrected chi connectivity index (χ0v) is 19.5. The molecule has 5 heteroatoms. The fourth-order valence-electron chi connectivity index (χ4n) is 3.99. The minimum absolute atomic E-state index is 0.0431. The molecule has 0 aromatic heterocycles. The third-order valence-electron chi connectivity index (χ3n) is 5.87. The maximum Gasteiger partial charge on any atom is 0.199 e. The van der Waals surface area contributed by atoms with Crippen LogP contribution < -0.4 is 0 Å². The highest BCUT2D eigenvalue weighted by Crippen LogP contribution is 2.34. The second kappa shape index (κ2) is 13.5. The first-order chi connectivity index (χ1) is 15.1. The normalized spacial score (nSPS) is 21.5. The number of hydrogen-bond donors (Lipinski definition) is 0. The molecule has 1 fully saturated rings. The van der Waals surface area contributed by atoms with E-state index in [1.807, 2.05) is 26.0 Å². The molecule has 2 atom stereocenters. The molecule has 3 nitrogen and oxygen atoms in total. The van der Waals surface area contributed by atoms with Gasteiger partial charge in [0.1, 0.15) is 18.1 Å². The SMILES string of the molecule is CC.CCCCCC1CCC(c2ccc(COC3=C(F)C(F)=C(OC)CC3)cc2)CO1. The quantitative estimate of drug-likeness (QED) is 0.369. The Morgan fingerprint density at radius 1 is 0.968 bits per heavy atom. The van der Waals surface area contributed by atoms with Crippen LogP contribution in [0, 0.1) is 0 Å². The number of unbranched alkanes of at least 4 members (excludes halogenated alkanes) is 2. The summed E-state index contributed by atoms with van der Waals surface area (Å²) in [5.41, 5.74) is 2.20. The summed E-state index contributed by atoms with van der Waals surface area (Å²) in [6.45, 7) is 7.22. The molecule has 1 aliphatic carbocycles. The number of halogens is 2. The summed E-state index contributed by atoms with van der Waals surface area (Å²) in [5, 5.41) is 0. The van der Waals surface area contributed by atoms with Crippen molar-refractivity contribution in [2.45, 2.75) is 90.8 Å². The van der Waals surface area contributed by atoms with Crippen LogP contribution in [-0.2, 0) is 20.8 Å². The van der Waals surface area contributed by atoms with Crippen LogP contribution in [0.15, 0.2) is 47.4 Å². The second-order valence-electron chi connectivity index (χ2n) is 7.93. The molecule has 1 saturated heterocycles. The molecule has 1 aliphatic heterocycles. The predicted octanol–water partition coefficient (Wildman–Crippen LogP) is 7.87. The van der Waals surface area contributed by atoms with E-state index < -0.39 is 11.7 Å². The minimum atomic E-state index is -0.950. The van der Waals surface area contributed by atoms with Crippen LogP contribution in [0.2, 0.25) is 0 Å². The van der Waals surface area contributed by atoms with E-state index in [0.29, 0.717) is 24.9 Å². The average Bonchev–Trinajstić information content (AvgIpc) is 2.82. The Balaban J connectivity index is 0.00000166. The third-order valence-corrected chi connectivity index (χ3v) is 5.87. The zero-order chi connectivity index (χ0) is 22.6. The molecule has 1 aromatic carbocycles. The second-order valence-corrected chi connectivity index (χ2v) is 7.93. The standard InChI is InChI=1S/C24H32F2O3.C2H6/c1-3-4-5-6-20-12-11-19(16-28-20)18-9-7-17(8-10-18)15-29-22-14-13-21(27-2)23(25)24(22)26;1-2/h7-10,19-20H,3-6,11-16H2,1-2H3;1-2H3. The monoisotopic (exact) mass is 436 g/mol. The van der Waals surface area contributed by atoms with Gasteiger partial charge in [-0.1, -0.05) is 64.3 Å². The van der Waals surface area contributed by atoms with Crippen molar-refractivity contribution in [2.24, 2.45) is 0 Å². The van der Waals surface area contributed by atoms with Gasteiger partial charge in [0, 0.05) is 18.8 Å². The molecule has 1 heterocycles. The van der Waals surface area contributed by atoms with Crippen molar-refractivity contribution in [3.63, 3.8) is 0 Å². The van der Waals surface area contributed by atoms with Crippen molar-refractivity contribution < 1.29 is 23.0 Å². The van der Waals surface area contributed by atoms with E-state index >= 15 is 0 Å². The van der Waals surface area contributed by atoms with Gasteiger partial charge in [0.2, 0.25) is 0 Å². The van der Waals surface area contributed by atoms with Crippen molar-refractivity contribution in [2.75, 3.05) is 13.7 Å². The number of rotatable bonds is 9. The first kappa shape index (κ1) is 25.4. The molecule has 2 unspecified atom stereocenters. The van der Waals surface area contributed by atoms with Gasteiger partial charge in [0.25, 0.3) is 0 Å². The van der Waals surface area contributed by atoms with Gasteiger partial charge < -0.3 is 14.2 Å². The van der Waals surface area contributed by atoms with Gasteiger partial charge in [-0.25, -0.2) is 0 Å². The molecule has 0 spiro atoms. The van der Waals surface area contributed by atoms with Crippen LogP contribution in [0.3, 0.4) is 0 Å². The highest BCUT2D eigenvalue weighted by atomic mass is 19.2. The maximum atomic E-state index is 14.0. The molecular formula is C26H38F2O3. The van der Waals surface area contributed by atoms with E-state index in [1.165, 1.54) is 38.4 Å². The topological polar surface area (TPSA) is 27.7 Å². The van der Waals surface area contributed by atoms with Crippen LogP contribution in [0.4, 0.5) is 8.78 Å². The Morgan fingerprint density at radius 3 is 2.26 bits per heavy atom. The summed E-state index contributed by atoms with van der Waals surface area (Å²) in [6, 6.07) is 8.19. The molecule has 0 radical (unpaired) electrons. The lowest BCUT2D eigenvalue weighted by Gasteiger charge is -2.29. The van der Waals surface area contributed by atoms with Crippen LogP contribution in [0.25, 0.3) is 0 Å². The van der Waals surface area contributed by atoms with Crippen LogP contribution >= 0.6 is 0 Å². The Bertz CT molecular complexity index is 717. The third kappa shape index (κ3) is 7.34. The number of methoxy groups -OCH3 is 1. The van der Waals surface area contributed by atoms with Crippen molar-refractivity contribution in [3.05, 3.63) is 58.6 Å². The largest absolute Gasteiger partial charge is 0.498 e. The molecule has 0 amide bonds. The summed E-state index contributed by atoms with van der Waals surface area (Å²) in [5.74, 6) is -1.37. The lowest BCUT2D eigenvalue weighted by atomic mass is 9.90. The fraction of sp³-hybridized carbons (Fsp3) is 0.615. The molecule has 2 aliphatic rings. The summed E-state index contributed by atoms with van der Waals surface area (Å²) < 4.78 is 44.3. The first-order valence-corrected chi connectivity index (χ1v) is 11.8. The van der Waals surface area contributed by atoms with E-state index in [9.17, 15) is 8.78 Å². The number of allylic oxidation sites excluding steroid dienone is 4. The molecule has 3 rings (SSSR count). The Hall–Kier alpha value is -1.88. The summed E-state index contributed by atoms with van der Waals surface area (Å²) in [6.07, 6.45) is 8.25. The van der Waals surface area contributed by atoms with Crippen molar-refractivity contribution in [3.8, 4) is 0 Å². The van der Waals surface area contributed by atoms with Crippen LogP contribution in [-0.4, -0.2) is 19.8 Å². The van der Waals surface area contributed by atoms with Gasteiger partial charge in [-0.15, -0.1) is 0 Å². The summed E-state index contributed by atoms with van der Waals surface area (Å²) in [7, 11) is 1.35. The smallest absolute Gasteiger partial charge is 0.199 e. The van der Waals surface area contributed by atoms with E-state index in [1.54, 1.807) is 0 Å². The highest BCUT2D eigenvalue weighted by molar-refractivity contribution is 5.30. The van der Waals surface area contributed by atoms with Gasteiger partial charge in [-0.05, 0) is 30.4 Å². The van der Waals surface area contributed by atoms with Gasteiger partial charge in [-0.2, -0.15) is 8.78 Å². The predicted molar refractivity (Wildman–Crippen MR) is 121 cm³/mol. The highest BCUT2D eigenvalue weighted by Gasteiger charge is 2.25. The molecule has 1 aromatic rings. The maximum absolute atomic E-state index is 14.0. The van der Waals surface area contributed by atoms with Crippen LogP contribution in [0.1, 0.15) is 89.2 Å².